The van der Waals surface area contributed by atoms with Crippen molar-refractivity contribution < 1.29 is 27.8 Å². The molecule has 1 aromatic heterocycles. The molecule has 20 heavy (non-hydrogen) atoms. The Morgan fingerprint density at radius 2 is 2.25 bits per heavy atom. The summed E-state index contributed by atoms with van der Waals surface area (Å²) < 4.78 is 42.8. The number of hydrogen-bond donors (Lipinski definition) is 2. The van der Waals surface area contributed by atoms with Gasteiger partial charge in [-0.2, -0.15) is 13.2 Å². The average molecular weight is 290 g/mol. The molecule has 1 aliphatic heterocycles. The number of alkyl halides is 3. The summed E-state index contributed by atoms with van der Waals surface area (Å²) in [6.45, 7) is 1.58. The summed E-state index contributed by atoms with van der Waals surface area (Å²) in [7, 11) is 0. The molecule has 0 bridgehead atoms. The van der Waals surface area contributed by atoms with E-state index in [4.69, 9.17) is 4.74 Å². The van der Waals surface area contributed by atoms with Gasteiger partial charge in [0.1, 0.15) is 16.9 Å². The monoisotopic (exact) mass is 290 g/mol. The summed E-state index contributed by atoms with van der Waals surface area (Å²) in [6, 6.07) is 2.78. The van der Waals surface area contributed by atoms with Crippen LogP contribution in [0.1, 0.15) is 12.6 Å². The van der Waals surface area contributed by atoms with Crippen molar-refractivity contribution in [1.29, 1.82) is 0 Å². The van der Waals surface area contributed by atoms with Gasteiger partial charge < -0.3 is 15.2 Å². The topological polar surface area (TPSA) is 71.5 Å². The smallest absolute Gasteiger partial charge is 0.433 e. The van der Waals surface area contributed by atoms with Gasteiger partial charge in [0.2, 0.25) is 0 Å². The number of halogens is 3. The van der Waals surface area contributed by atoms with Gasteiger partial charge in [0.25, 0.3) is 0 Å². The maximum atomic E-state index is 12.6. The van der Waals surface area contributed by atoms with Crippen LogP contribution in [0.15, 0.2) is 18.2 Å². The van der Waals surface area contributed by atoms with Crippen LogP contribution in [0.2, 0.25) is 0 Å². The molecule has 1 aromatic rings. The van der Waals surface area contributed by atoms with Gasteiger partial charge in [-0.05, 0) is 19.1 Å². The van der Waals surface area contributed by atoms with Gasteiger partial charge in [-0.1, -0.05) is 6.07 Å². The van der Waals surface area contributed by atoms with E-state index in [1.807, 2.05) is 0 Å². The van der Waals surface area contributed by atoms with Crippen LogP contribution < -0.4 is 5.32 Å². The molecule has 0 amide bonds. The molecule has 8 heteroatoms. The van der Waals surface area contributed by atoms with E-state index >= 15 is 0 Å². The zero-order valence-corrected chi connectivity index (χ0v) is 10.6. The summed E-state index contributed by atoms with van der Waals surface area (Å²) in [6.07, 6.45) is -4.54. The maximum Gasteiger partial charge on any atom is 0.433 e. The predicted octanol–water partition coefficient (Wildman–Crippen LogP) is 2.00. The number of carbonyl (C=O) groups is 1. The molecule has 1 fully saturated rings. The van der Waals surface area contributed by atoms with Gasteiger partial charge in [0, 0.05) is 0 Å². The van der Waals surface area contributed by atoms with E-state index in [1.165, 1.54) is 19.1 Å². The molecule has 5 nitrogen and oxygen atoms in total. The molecule has 0 spiro atoms. The van der Waals surface area contributed by atoms with Crippen LogP contribution in [0, 0.1) is 5.41 Å². The Hall–Kier alpha value is -1.83. The number of anilines is 1. The predicted molar refractivity (Wildman–Crippen MR) is 63.2 cm³/mol. The van der Waals surface area contributed by atoms with Crippen LogP contribution in [0.5, 0.6) is 0 Å². The largest absolute Gasteiger partial charge is 0.481 e. The highest BCUT2D eigenvalue weighted by Gasteiger charge is 2.47. The van der Waals surface area contributed by atoms with Gasteiger partial charge in [0.05, 0.1) is 19.3 Å². The minimum atomic E-state index is -4.54. The Balaban J connectivity index is 2.20. The number of carboxylic acid groups (broad SMARTS) is 1. The zero-order valence-electron chi connectivity index (χ0n) is 10.6. The van der Waals surface area contributed by atoms with Crippen LogP contribution in [0.3, 0.4) is 0 Å². The molecule has 1 saturated heterocycles. The highest BCUT2D eigenvalue weighted by atomic mass is 19.4. The van der Waals surface area contributed by atoms with Crippen molar-refractivity contribution in [1.82, 2.24) is 4.98 Å². The van der Waals surface area contributed by atoms with Crippen LogP contribution in [-0.2, 0) is 15.7 Å². The van der Waals surface area contributed by atoms with E-state index in [9.17, 15) is 23.1 Å². The standard InChI is InChI=1S/C12H13F3N2O3/c1-11(10(18)19)6-20-5-8(11)17-9-4-2-3-7(16-9)12(13,14)15/h2-4,8H,5-6H2,1H3,(H,16,17)(H,18,19). The lowest BCUT2D eigenvalue weighted by Gasteiger charge is -2.26. The van der Waals surface area contributed by atoms with Crippen LogP contribution in [0.4, 0.5) is 19.0 Å². The number of aromatic nitrogens is 1. The highest BCUT2D eigenvalue weighted by molar-refractivity contribution is 5.76. The first-order valence-corrected chi connectivity index (χ1v) is 5.85. The number of carboxylic acids is 1. The van der Waals surface area contributed by atoms with Gasteiger partial charge in [-0.15, -0.1) is 0 Å². The Bertz CT molecular complexity index is 521. The third-order valence-corrected chi connectivity index (χ3v) is 3.31. The molecule has 1 aliphatic rings. The number of rotatable bonds is 3. The lowest BCUT2D eigenvalue weighted by atomic mass is 9.85. The van der Waals surface area contributed by atoms with Gasteiger partial charge in [0.15, 0.2) is 0 Å². The third-order valence-electron chi connectivity index (χ3n) is 3.31. The number of nitrogens with zero attached hydrogens (tertiary/aromatic N) is 1. The van der Waals surface area contributed by atoms with E-state index in [1.54, 1.807) is 0 Å². The first-order chi connectivity index (χ1) is 9.23. The number of hydrogen-bond acceptors (Lipinski definition) is 4. The second-order valence-electron chi connectivity index (χ2n) is 4.84. The SMILES string of the molecule is CC1(C(=O)O)COCC1Nc1cccc(C(F)(F)F)n1. The molecule has 2 atom stereocenters. The van der Waals surface area contributed by atoms with Crippen molar-refractivity contribution in [2.75, 3.05) is 18.5 Å². The molecule has 2 N–H and O–H groups in total. The normalized spacial score (nSPS) is 26.5. The van der Waals surface area contributed by atoms with Crippen molar-refractivity contribution >= 4 is 11.8 Å². The fraction of sp³-hybridized carbons (Fsp3) is 0.500. The van der Waals surface area contributed by atoms with Crippen molar-refractivity contribution in [3.8, 4) is 0 Å². The van der Waals surface area contributed by atoms with Crippen LogP contribution in [-0.4, -0.2) is 35.3 Å². The lowest BCUT2D eigenvalue weighted by molar-refractivity contribution is -0.148. The van der Waals surface area contributed by atoms with Crippen molar-refractivity contribution in [2.24, 2.45) is 5.41 Å². The fourth-order valence-electron chi connectivity index (χ4n) is 1.94. The molecule has 2 heterocycles. The van der Waals surface area contributed by atoms with Gasteiger partial charge >= 0.3 is 12.1 Å². The summed E-state index contributed by atoms with van der Waals surface area (Å²) >= 11 is 0. The van der Waals surface area contributed by atoms with Crippen molar-refractivity contribution in [2.45, 2.75) is 19.1 Å². The quantitative estimate of drug-likeness (QED) is 0.891. The summed E-state index contributed by atoms with van der Waals surface area (Å²) in [5.41, 5.74) is -2.23. The molecule has 0 aliphatic carbocycles. The zero-order chi connectivity index (χ0) is 15.0. The number of aliphatic carboxylic acids is 1. The lowest BCUT2D eigenvalue weighted by Crippen LogP contribution is -2.43. The molecule has 110 valence electrons. The van der Waals surface area contributed by atoms with E-state index in [-0.39, 0.29) is 19.0 Å². The Kier molecular flexibility index (Phi) is 3.59. The molecular weight excluding hydrogens is 277 g/mol. The minimum Gasteiger partial charge on any atom is -0.481 e. The van der Waals surface area contributed by atoms with Crippen LogP contribution >= 0.6 is 0 Å². The maximum absolute atomic E-state index is 12.6. The Labute approximate surface area is 112 Å². The summed E-state index contributed by atoms with van der Waals surface area (Å²) in [5.74, 6) is -1.10. The van der Waals surface area contributed by atoms with E-state index in [0.29, 0.717) is 0 Å². The summed E-state index contributed by atoms with van der Waals surface area (Å²) in [4.78, 5) is 14.7. The molecule has 0 aromatic carbocycles. The van der Waals surface area contributed by atoms with E-state index < -0.39 is 29.3 Å². The molecule has 0 radical (unpaired) electrons. The first-order valence-electron chi connectivity index (χ1n) is 5.85. The second kappa shape index (κ2) is 4.93. The highest BCUT2D eigenvalue weighted by Crippen LogP contribution is 2.32. The average Bonchev–Trinajstić information content (AvgIpc) is 2.72. The number of nitrogens with one attached hydrogen (secondary N) is 1. The summed E-state index contributed by atoms with van der Waals surface area (Å²) in [5, 5.41) is 11.9. The molecular formula is C12H13F3N2O3. The van der Waals surface area contributed by atoms with E-state index in [0.717, 1.165) is 6.07 Å². The van der Waals surface area contributed by atoms with Gasteiger partial charge in [-0.25, -0.2) is 4.98 Å². The third kappa shape index (κ3) is 2.69. The molecule has 2 rings (SSSR count). The fourth-order valence-corrected chi connectivity index (χ4v) is 1.94. The van der Waals surface area contributed by atoms with Gasteiger partial charge in [-0.3, -0.25) is 4.79 Å². The number of pyridine rings is 1. The number of ether oxygens (including phenoxy) is 1. The van der Waals surface area contributed by atoms with E-state index in [2.05, 4.69) is 10.3 Å². The molecule has 0 saturated carbocycles. The molecule has 2 unspecified atom stereocenters. The van der Waals surface area contributed by atoms with Crippen molar-refractivity contribution in [3.05, 3.63) is 23.9 Å². The minimum absolute atomic E-state index is 0.00103. The second-order valence-corrected chi connectivity index (χ2v) is 4.84. The Morgan fingerprint density at radius 1 is 1.55 bits per heavy atom. The van der Waals surface area contributed by atoms with Crippen molar-refractivity contribution in [3.63, 3.8) is 0 Å². The first kappa shape index (κ1) is 14.6. The Morgan fingerprint density at radius 3 is 2.85 bits per heavy atom. The van der Waals surface area contributed by atoms with Crippen LogP contribution in [0.25, 0.3) is 0 Å².